The van der Waals surface area contributed by atoms with Crippen molar-refractivity contribution in [1.29, 1.82) is 0 Å². The lowest BCUT2D eigenvalue weighted by atomic mass is 9.73. The average Bonchev–Trinajstić information content (AvgIpc) is 2.36. The quantitative estimate of drug-likeness (QED) is 0.855. The molecule has 0 spiro atoms. The second-order valence-electron chi connectivity index (χ2n) is 5.90. The summed E-state index contributed by atoms with van der Waals surface area (Å²) in [5, 5.41) is 0. The molecule has 2 N–H and O–H groups in total. The first-order valence-corrected chi connectivity index (χ1v) is 7.15. The fourth-order valence-corrected chi connectivity index (χ4v) is 3.13. The van der Waals surface area contributed by atoms with Crippen LogP contribution in [-0.4, -0.2) is 5.54 Å². The number of hydrogen-bond donors (Lipinski definition) is 1. The van der Waals surface area contributed by atoms with E-state index >= 15 is 0 Å². The van der Waals surface area contributed by atoms with Gasteiger partial charge in [-0.15, -0.1) is 0 Å². The molecule has 1 fully saturated rings. The van der Waals surface area contributed by atoms with Crippen LogP contribution in [0.15, 0.2) is 24.3 Å². The highest BCUT2D eigenvalue weighted by Gasteiger charge is 2.31. The first-order valence-electron chi connectivity index (χ1n) is 7.15. The maximum atomic E-state index is 12.9. The van der Waals surface area contributed by atoms with Gasteiger partial charge in [-0.2, -0.15) is 0 Å². The zero-order valence-electron chi connectivity index (χ0n) is 11.3. The molecule has 1 nitrogen and oxygen atoms in total. The van der Waals surface area contributed by atoms with E-state index in [0.29, 0.717) is 0 Å². The van der Waals surface area contributed by atoms with Gasteiger partial charge in [-0.3, -0.25) is 0 Å². The van der Waals surface area contributed by atoms with Crippen LogP contribution in [0.3, 0.4) is 0 Å². The van der Waals surface area contributed by atoms with Crippen molar-refractivity contribution in [2.24, 2.45) is 11.7 Å². The van der Waals surface area contributed by atoms with Gasteiger partial charge in [0.25, 0.3) is 0 Å². The van der Waals surface area contributed by atoms with Crippen LogP contribution in [0.2, 0.25) is 0 Å². The van der Waals surface area contributed by atoms with Crippen LogP contribution in [0.25, 0.3) is 0 Å². The molecule has 0 heterocycles. The summed E-state index contributed by atoms with van der Waals surface area (Å²) in [6, 6.07) is 6.78. The van der Waals surface area contributed by atoms with Gasteiger partial charge < -0.3 is 5.73 Å². The molecule has 1 aromatic carbocycles. The largest absolute Gasteiger partial charge is 0.325 e. The summed E-state index contributed by atoms with van der Waals surface area (Å²) in [6.45, 7) is 2.25. The number of halogens is 1. The van der Waals surface area contributed by atoms with Gasteiger partial charge in [0.05, 0.1) is 0 Å². The minimum atomic E-state index is -0.170. The summed E-state index contributed by atoms with van der Waals surface area (Å²) in [4.78, 5) is 0. The molecular weight excluding hydrogens is 225 g/mol. The molecule has 2 rings (SSSR count). The molecule has 0 unspecified atom stereocenters. The Kier molecular flexibility index (Phi) is 4.39. The van der Waals surface area contributed by atoms with E-state index in [0.717, 1.165) is 30.7 Å². The lowest BCUT2D eigenvalue weighted by Crippen LogP contribution is -2.45. The summed E-state index contributed by atoms with van der Waals surface area (Å²) in [5.41, 5.74) is 7.59. The molecule has 0 radical (unpaired) electrons. The molecule has 0 saturated heterocycles. The molecule has 0 bridgehead atoms. The Bertz CT molecular complexity index is 363. The summed E-state index contributed by atoms with van der Waals surface area (Å²) >= 11 is 0. The SMILES string of the molecule is CCCC1CCC(N)(Cc2ccc(F)cc2)CC1. The Morgan fingerprint density at radius 2 is 1.83 bits per heavy atom. The van der Waals surface area contributed by atoms with Crippen molar-refractivity contribution in [3.05, 3.63) is 35.6 Å². The molecule has 2 heteroatoms. The van der Waals surface area contributed by atoms with E-state index in [4.69, 9.17) is 5.73 Å². The van der Waals surface area contributed by atoms with Crippen LogP contribution in [0.1, 0.15) is 51.0 Å². The van der Waals surface area contributed by atoms with E-state index < -0.39 is 0 Å². The Labute approximate surface area is 110 Å². The fourth-order valence-electron chi connectivity index (χ4n) is 3.13. The van der Waals surface area contributed by atoms with E-state index in [9.17, 15) is 4.39 Å². The second kappa shape index (κ2) is 5.83. The van der Waals surface area contributed by atoms with Gasteiger partial charge in [-0.25, -0.2) is 4.39 Å². The standard InChI is InChI=1S/C16H24FN/c1-2-3-13-8-10-16(18,11-9-13)12-14-4-6-15(17)7-5-14/h4-7,13H,2-3,8-12,18H2,1H3. The number of nitrogens with two attached hydrogens (primary N) is 1. The molecule has 100 valence electrons. The monoisotopic (exact) mass is 249 g/mol. The van der Waals surface area contributed by atoms with Crippen LogP contribution in [0.5, 0.6) is 0 Å². The van der Waals surface area contributed by atoms with Gasteiger partial charge in [0.1, 0.15) is 5.82 Å². The smallest absolute Gasteiger partial charge is 0.123 e. The van der Waals surface area contributed by atoms with Crippen LogP contribution in [-0.2, 0) is 6.42 Å². The molecule has 1 saturated carbocycles. The van der Waals surface area contributed by atoms with E-state index in [1.54, 1.807) is 0 Å². The molecule has 0 aliphatic heterocycles. The number of hydrogen-bond acceptors (Lipinski definition) is 1. The molecule has 1 aliphatic rings. The lowest BCUT2D eigenvalue weighted by molar-refractivity contribution is 0.223. The van der Waals surface area contributed by atoms with Gasteiger partial charge in [0, 0.05) is 5.54 Å². The van der Waals surface area contributed by atoms with Crippen molar-refractivity contribution >= 4 is 0 Å². The Morgan fingerprint density at radius 1 is 1.22 bits per heavy atom. The highest BCUT2D eigenvalue weighted by molar-refractivity contribution is 5.19. The number of rotatable bonds is 4. The van der Waals surface area contributed by atoms with Crippen molar-refractivity contribution in [2.45, 2.75) is 57.4 Å². The summed E-state index contributed by atoms with van der Waals surface area (Å²) in [6.07, 6.45) is 8.22. The van der Waals surface area contributed by atoms with Crippen LogP contribution < -0.4 is 5.73 Å². The third-order valence-electron chi connectivity index (χ3n) is 4.27. The Hall–Kier alpha value is -0.890. The van der Waals surface area contributed by atoms with Crippen molar-refractivity contribution in [3.63, 3.8) is 0 Å². The fraction of sp³-hybridized carbons (Fsp3) is 0.625. The third-order valence-corrected chi connectivity index (χ3v) is 4.27. The van der Waals surface area contributed by atoms with Gasteiger partial charge in [0.15, 0.2) is 0 Å². The summed E-state index contributed by atoms with van der Waals surface area (Å²) < 4.78 is 12.9. The van der Waals surface area contributed by atoms with Gasteiger partial charge in [-0.1, -0.05) is 31.9 Å². The predicted molar refractivity (Wildman–Crippen MR) is 73.9 cm³/mol. The van der Waals surface area contributed by atoms with Gasteiger partial charge in [-0.05, 0) is 55.7 Å². The minimum absolute atomic E-state index is 0.0674. The lowest BCUT2D eigenvalue weighted by Gasteiger charge is -2.37. The van der Waals surface area contributed by atoms with Gasteiger partial charge >= 0.3 is 0 Å². The molecule has 18 heavy (non-hydrogen) atoms. The van der Waals surface area contributed by atoms with E-state index in [1.165, 1.54) is 37.8 Å². The first-order chi connectivity index (χ1) is 8.61. The molecule has 0 amide bonds. The first kappa shape index (κ1) is 13.5. The molecule has 0 atom stereocenters. The van der Waals surface area contributed by atoms with Crippen molar-refractivity contribution in [2.75, 3.05) is 0 Å². The van der Waals surface area contributed by atoms with E-state index in [1.807, 2.05) is 12.1 Å². The topological polar surface area (TPSA) is 26.0 Å². The highest BCUT2D eigenvalue weighted by Crippen LogP contribution is 2.34. The third kappa shape index (κ3) is 3.55. The van der Waals surface area contributed by atoms with Crippen LogP contribution in [0, 0.1) is 11.7 Å². The number of benzene rings is 1. The van der Waals surface area contributed by atoms with E-state index in [2.05, 4.69) is 6.92 Å². The summed E-state index contributed by atoms with van der Waals surface area (Å²) in [5.74, 6) is 0.705. The van der Waals surface area contributed by atoms with Crippen LogP contribution >= 0.6 is 0 Å². The average molecular weight is 249 g/mol. The Morgan fingerprint density at radius 3 is 2.39 bits per heavy atom. The Balaban J connectivity index is 1.91. The van der Waals surface area contributed by atoms with Gasteiger partial charge in [0.2, 0.25) is 0 Å². The highest BCUT2D eigenvalue weighted by atomic mass is 19.1. The maximum Gasteiger partial charge on any atom is 0.123 e. The minimum Gasteiger partial charge on any atom is -0.325 e. The summed E-state index contributed by atoms with van der Waals surface area (Å²) in [7, 11) is 0. The zero-order chi connectivity index (χ0) is 13.0. The zero-order valence-corrected chi connectivity index (χ0v) is 11.3. The normalized spacial score (nSPS) is 28.3. The van der Waals surface area contributed by atoms with E-state index in [-0.39, 0.29) is 11.4 Å². The molecular formula is C16H24FN. The maximum absolute atomic E-state index is 12.9. The second-order valence-corrected chi connectivity index (χ2v) is 5.90. The van der Waals surface area contributed by atoms with Crippen molar-refractivity contribution in [3.8, 4) is 0 Å². The molecule has 1 aliphatic carbocycles. The molecule has 1 aromatic rings. The van der Waals surface area contributed by atoms with Crippen molar-refractivity contribution < 1.29 is 4.39 Å². The van der Waals surface area contributed by atoms with Crippen molar-refractivity contribution in [1.82, 2.24) is 0 Å². The van der Waals surface area contributed by atoms with Crippen LogP contribution in [0.4, 0.5) is 4.39 Å². The predicted octanol–water partition coefficient (Wildman–Crippen LogP) is 4.06. The molecule has 0 aromatic heterocycles.